The van der Waals surface area contributed by atoms with Crippen molar-refractivity contribution in [2.45, 2.75) is 252 Å². The third kappa shape index (κ3) is 26.6. The molecule has 0 aromatic carbocycles. The lowest BCUT2D eigenvalue weighted by Gasteiger charge is -2.28. The predicted molar refractivity (Wildman–Crippen MR) is 229 cm³/mol. The number of unbranched alkanes of at least 4 members (excludes halogenated alkanes) is 20. The van der Waals surface area contributed by atoms with E-state index in [1.54, 1.807) is 0 Å². The van der Waals surface area contributed by atoms with Crippen molar-refractivity contribution >= 4 is 23.6 Å². The molecule has 55 heavy (non-hydrogen) atoms. The Hall–Kier alpha value is -1.92. The van der Waals surface area contributed by atoms with Crippen LogP contribution in [0.3, 0.4) is 0 Å². The van der Waals surface area contributed by atoms with E-state index in [0.29, 0.717) is 39.0 Å². The van der Waals surface area contributed by atoms with Crippen molar-refractivity contribution in [2.24, 2.45) is 11.8 Å². The van der Waals surface area contributed by atoms with Crippen LogP contribution in [0, 0.1) is 11.8 Å². The maximum Gasteiger partial charge on any atom is 0.328 e. The van der Waals surface area contributed by atoms with Gasteiger partial charge in [0, 0.05) is 25.3 Å². The fourth-order valence-electron chi connectivity index (χ4n) is 8.15. The van der Waals surface area contributed by atoms with E-state index in [9.17, 15) is 19.2 Å². The number of hydrogen-bond donors (Lipinski definition) is 0. The first-order chi connectivity index (χ1) is 26.9. The van der Waals surface area contributed by atoms with Crippen LogP contribution in [0.2, 0.25) is 0 Å². The number of esters is 2. The van der Waals surface area contributed by atoms with E-state index in [2.05, 4.69) is 27.7 Å². The summed E-state index contributed by atoms with van der Waals surface area (Å²) in [5.74, 6) is 0.249. The van der Waals surface area contributed by atoms with Gasteiger partial charge < -0.3 is 14.4 Å². The van der Waals surface area contributed by atoms with Gasteiger partial charge in [-0.1, -0.05) is 156 Å². The lowest BCUT2D eigenvalue weighted by Crippen LogP contribution is -2.44. The van der Waals surface area contributed by atoms with Crippen LogP contribution in [0.25, 0.3) is 0 Å². The van der Waals surface area contributed by atoms with E-state index in [1.807, 2.05) is 4.90 Å². The Balaban J connectivity index is 2.27. The van der Waals surface area contributed by atoms with E-state index in [-0.39, 0.29) is 35.5 Å². The number of likely N-dealkylation sites (tertiary alicyclic amines) is 1. The van der Waals surface area contributed by atoms with Crippen molar-refractivity contribution in [2.75, 3.05) is 19.8 Å². The molecule has 1 heterocycles. The molecule has 1 fully saturated rings. The Morgan fingerprint density at radius 3 is 1.38 bits per heavy atom. The first-order valence-electron chi connectivity index (χ1n) is 24.0. The van der Waals surface area contributed by atoms with Crippen LogP contribution in [-0.4, -0.2) is 54.3 Å². The number of carbonyl (C=O) groups excluding carboxylic acids is 4. The molecular weight excluding hydrogens is 687 g/mol. The average Bonchev–Trinajstić information content (AvgIpc) is 3.68. The standard InChI is InChI=1S/C48H89NO6/c1-5-9-13-17-19-25-33-42(32-23-15-11-7-3)46(51)49-39-31-38-45(49)48(53)55-41-30-22-28-37-44(50)36-27-21-29-40-54-47(52)43(34-24-16-12-8-4)35-26-20-18-14-10-6-2/h42-43,45H,5-41H2,1-4H3. The van der Waals surface area contributed by atoms with Gasteiger partial charge >= 0.3 is 11.9 Å². The van der Waals surface area contributed by atoms with Crippen LogP contribution in [0.4, 0.5) is 0 Å². The second-order valence-corrected chi connectivity index (χ2v) is 16.9. The van der Waals surface area contributed by atoms with Gasteiger partial charge in [-0.2, -0.15) is 0 Å². The van der Waals surface area contributed by atoms with Crippen LogP contribution < -0.4 is 0 Å². The van der Waals surface area contributed by atoms with E-state index in [4.69, 9.17) is 9.47 Å². The predicted octanol–water partition coefficient (Wildman–Crippen LogP) is 13.4. The second-order valence-electron chi connectivity index (χ2n) is 16.9. The SMILES string of the molecule is CCCCCCCCC(CCCCCC)C(=O)OCCCCCC(=O)CCCCCOC(=O)C1CCCN1C(=O)C(CCCCCC)CCCCCCCC. The molecule has 0 bridgehead atoms. The summed E-state index contributed by atoms with van der Waals surface area (Å²) in [4.78, 5) is 54.0. The topological polar surface area (TPSA) is 90.0 Å². The quantitative estimate of drug-likeness (QED) is 0.0456. The minimum absolute atomic E-state index is 0.0125. The van der Waals surface area contributed by atoms with Gasteiger partial charge in [-0.25, -0.2) is 4.79 Å². The molecule has 1 amide bonds. The van der Waals surface area contributed by atoms with Gasteiger partial charge in [0.25, 0.3) is 0 Å². The minimum atomic E-state index is -0.442. The Labute approximate surface area is 340 Å². The number of Topliss-reactive ketones (excluding diaryl/α,β-unsaturated/α-hetero) is 1. The fraction of sp³-hybridized carbons (Fsp3) is 0.917. The molecule has 3 atom stereocenters. The van der Waals surface area contributed by atoms with Crippen molar-refractivity contribution in [3.8, 4) is 0 Å². The largest absolute Gasteiger partial charge is 0.465 e. The summed E-state index contributed by atoms with van der Waals surface area (Å²) in [7, 11) is 0. The summed E-state index contributed by atoms with van der Waals surface area (Å²) in [5.41, 5.74) is 0. The highest BCUT2D eigenvalue weighted by molar-refractivity contribution is 5.86. The lowest BCUT2D eigenvalue weighted by molar-refractivity contribution is -0.155. The van der Waals surface area contributed by atoms with Crippen LogP contribution in [0.1, 0.15) is 246 Å². The number of ketones is 1. The molecule has 0 aromatic rings. The van der Waals surface area contributed by atoms with Gasteiger partial charge in [-0.3, -0.25) is 14.4 Å². The number of hydrogen-bond acceptors (Lipinski definition) is 6. The molecule has 1 rings (SSSR count). The Bertz CT molecular complexity index is 953. The molecule has 0 spiro atoms. The number of carbonyl (C=O) groups is 4. The number of amides is 1. The van der Waals surface area contributed by atoms with Crippen molar-refractivity contribution in [3.63, 3.8) is 0 Å². The zero-order valence-electron chi connectivity index (χ0n) is 36.8. The second kappa shape index (κ2) is 36.4. The van der Waals surface area contributed by atoms with Crippen LogP contribution in [0.15, 0.2) is 0 Å². The first-order valence-corrected chi connectivity index (χ1v) is 24.0. The van der Waals surface area contributed by atoms with Crippen molar-refractivity contribution < 1.29 is 28.7 Å². The molecule has 1 aliphatic heterocycles. The third-order valence-electron chi connectivity index (χ3n) is 11.8. The summed E-state index contributed by atoms with van der Waals surface area (Å²) >= 11 is 0. The highest BCUT2D eigenvalue weighted by Crippen LogP contribution is 2.27. The summed E-state index contributed by atoms with van der Waals surface area (Å²) in [6.07, 6.45) is 35.6. The molecule has 0 radical (unpaired) electrons. The molecule has 7 nitrogen and oxygen atoms in total. The summed E-state index contributed by atoms with van der Waals surface area (Å²) < 4.78 is 11.4. The zero-order chi connectivity index (χ0) is 40.2. The molecule has 0 saturated carbocycles. The zero-order valence-corrected chi connectivity index (χ0v) is 36.8. The molecule has 322 valence electrons. The van der Waals surface area contributed by atoms with Gasteiger partial charge in [0.05, 0.1) is 19.1 Å². The van der Waals surface area contributed by atoms with Gasteiger partial charge in [0.2, 0.25) is 5.91 Å². The Morgan fingerprint density at radius 2 is 0.891 bits per heavy atom. The van der Waals surface area contributed by atoms with Crippen molar-refractivity contribution in [1.82, 2.24) is 4.90 Å². The van der Waals surface area contributed by atoms with Gasteiger partial charge in [-0.05, 0) is 77.0 Å². The van der Waals surface area contributed by atoms with Crippen molar-refractivity contribution in [1.29, 1.82) is 0 Å². The molecule has 0 aliphatic carbocycles. The summed E-state index contributed by atoms with van der Waals surface area (Å²) in [6, 6.07) is -0.442. The smallest absolute Gasteiger partial charge is 0.328 e. The molecule has 1 aliphatic rings. The number of nitrogens with zero attached hydrogens (tertiary/aromatic N) is 1. The normalized spacial score (nSPS) is 15.3. The first kappa shape index (κ1) is 51.1. The minimum Gasteiger partial charge on any atom is -0.465 e. The van der Waals surface area contributed by atoms with Crippen LogP contribution >= 0.6 is 0 Å². The molecule has 7 heteroatoms. The van der Waals surface area contributed by atoms with E-state index in [1.165, 1.54) is 103 Å². The van der Waals surface area contributed by atoms with Gasteiger partial charge in [0.1, 0.15) is 11.8 Å². The highest BCUT2D eigenvalue weighted by Gasteiger charge is 2.37. The summed E-state index contributed by atoms with van der Waals surface area (Å²) in [5, 5.41) is 0. The van der Waals surface area contributed by atoms with Gasteiger partial charge in [0.15, 0.2) is 0 Å². The molecular formula is C48H89NO6. The third-order valence-corrected chi connectivity index (χ3v) is 11.8. The summed E-state index contributed by atoms with van der Waals surface area (Å²) in [6.45, 7) is 10.4. The maximum absolute atomic E-state index is 13.7. The van der Waals surface area contributed by atoms with Gasteiger partial charge in [-0.15, -0.1) is 0 Å². The molecule has 3 unspecified atom stereocenters. The van der Waals surface area contributed by atoms with Crippen molar-refractivity contribution in [3.05, 3.63) is 0 Å². The Kier molecular flexibility index (Phi) is 33.8. The fourth-order valence-corrected chi connectivity index (χ4v) is 8.15. The average molecular weight is 776 g/mol. The van der Waals surface area contributed by atoms with E-state index < -0.39 is 6.04 Å². The number of ether oxygens (including phenoxy) is 2. The lowest BCUT2D eigenvalue weighted by atomic mass is 9.92. The molecule has 0 N–H and O–H groups in total. The highest BCUT2D eigenvalue weighted by atomic mass is 16.5. The molecule has 1 saturated heterocycles. The Morgan fingerprint density at radius 1 is 0.491 bits per heavy atom. The van der Waals surface area contributed by atoms with E-state index in [0.717, 1.165) is 96.3 Å². The number of rotatable bonds is 39. The molecule has 0 aromatic heterocycles. The van der Waals surface area contributed by atoms with Crippen LogP contribution in [-0.2, 0) is 28.7 Å². The maximum atomic E-state index is 13.7. The van der Waals surface area contributed by atoms with E-state index >= 15 is 0 Å². The van der Waals surface area contributed by atoms with Crippen LogP contribution in [0.5, 0.6) is 0 Å². The monoisotopic (exact) mass is 776 g/mol.